The second kappa shape index (κ2) is 9.26. The molecule has 3 N–H and O–H groups in total. The van der Waals surface area contributed by atoms with Crippen molar-refractivity contribution in [2.75, 3.05) is 19.8 Å². The van der Waals surface area contributed by atoms with Crippen molar-refractivity contribution in [2.24, 2.45) is 5.92 Å². The summed E-state index contributed by atoms with van der Waals surface area (Å²) in [4.78, 5) is 38.7. The minimum Gasteiger partial charge on any atom is -0.493 e. The molecule has 3 aromatic rings. The molecule has 1 saturated carbocycles. The first kappa shape index (κ1) is 23.2. The van der Waals surface area contributed by atoms with E-state index >= 15 is 0 Å². The van der Waals surface area contributed by atoms with Gasteiger partial charge in [-0.1, -0.05) is 0 Å². The summed E-state index contributed by atoms with van der Waals surface area (Å²) in [6.07, 6.45) is 4.21. The van der Waals surface area contributed by atoms with E-state index in [9.17, 15) is 19.1 Å². The van der Waals surface area contributed by atoms with Crippen LogP contribution in [0.4, 0.5) is 4.39 Å². The summed E-state index contributed by atoms with van der Waals surface area (Å²) in [6, 6.07) is 4.01. The monoisotopic (exact) mass is 481 g/mol. The fourth-order valence-electron chi connectivity index (χ4n) is 4.74. The second-order valence-corrected chi connectivity index (χ2v) is 9.43. The molecule has 2 fully saturated rings. The standard InChI is InChI=1S/C25H28FN5O4/c1-13-7-17(9-31(13)20(33)10-32)30-25(34)21-14(2)29-24-22(27-12-28-23(21)24)18-8-16(26)5-6-19(18)35-11-15-3-4-15/h5-6,8,12-13,15,17,29,32H,3-4,7,9-11H2,1-2H3,(H,30,34)/t13-,17-/m0/s1. The number of aromatic nitrogens is 3. The molecule has 10 heteroatoms. The van der Waals surface area contributed by atoms with Crippen LogP contribution in [0.5, 0.6) is 5.75 Å². The molecule has 0 bridgehead atoms. The highest BCUT2D eigenvalue weighted by molar-refractivity contribution is 6.09. The van der Waals surface area contributed by atoms with Crippen molar-refractivity contribution in [1.82, 2.24) is 25.2 Å². The number of amides is 2. The maximum atomic E-state index is 14.2. The van der Waals surface area contributed by atoms with E-state index in [4.69, 9.17) is 4.74 Å². The number of halogens is 1. The number of nitrogens with one attached hydrogen (secondary N) is 2. The molecular weight excluding hydrogens is 453 g/mol. The van der Waals surface area contributed by atoms with Crippen LogP contribution in [0.3, 0.4) is 0 Å². The molecule has 35 heavy (non-hydrogen) atoms. The van der Waals surface area contributed by atoms with Crippen molar-refractivity contribution in [3.63, 3.8) is 0 Å². The normalized spacial score (nSPS) is 19.8. The van der Waals surface area contributed by atoms with Gasteiger partial charge in [0.05, 0.1) is 17.7 Å². The van der Waals surface area contributed by atoms with Gasteiger partial charge in [-0.25, -0.2) is 14.4 Å². The maximum absolute atomic E-state index is 14.2. The second-order valence-electron chi connectivity index (χ2n) is 9.43. The van der Waals surface area contributed by atoms with Crippen molar-refractivity contribution < 1.29 is 23.8 Å². The molecule has 1 aliphatic carbocycles. The van der Waals surface area contributed by atoms with Crippen LogP contribution in [-0.4, -0.2) is 68.6 Å². The van der Waals surface area contributed by atoms with Crippen LogP contribution < -0.4 is 10.1 Å². The zero-order valence-electron chi connectivity index (χ0n) is 19.7. The first-order chi connectivity index (χ1) is 16.9. The highest BCUT2D eigenvalue weighted by atomic mass is 19.1. The first-order valence-corrected chi connectivity index (χ1v) is 11.8. The SMILES string of the molecule is Cc1[nH]c2c(-c3cc(F)ccc3OCC3CC3)ncnc2c1C(=O)N[C@H]1C[C@H](C)N(C(=O)CO)C1. The van der Waals surface area contributed by atoms with E-state index in [1.54, 1.807) is 17.9 Å². The molecule has 184 valence electrons. The molecule has 2 atom stereocenters. The van der Waals surface area contributed by atoms with Crippen LogP contribution in [0.1, 0.15) is 42.2 Å². The minimum atomic E-state index is -0.557. The Bertz CT molecular complexity index is 1290. The average molecular weight is 482 g/mol. The highest BCUT2D eigenvalue weighted by Gasteiger charge is 2.34. The van der Waals surface area contributed by atoms with Gasteiger partial charge in [-0.05, 0) is 57.2 Å². The molecule has 2 amide bonds. The largest absolute Gasteiger partial charge is 0.493 e. The van der Waals surface area contributed by atoms with E-state index in [1.807, 2.05) is 6.92 Å². The lowest BCUT2D eigenvalue weighted by molar-refractivity contribution is -0.134. The van der Waals surface area contributed by atoms with Gasteiger partial charge in [0.15, 0.2) is 0 Å². The lowest BCUT2D eigenvalue weighted by Gasteiger charge is -2.19. The quantitative estimate of drug-likeness (QED) is 0.477. The number of rotatable bonds is 7. The van der Waals surface area contributed by atoms with Crippen molar-refractivity contribution in [2.45, 2.75) is 45.2 Å². The molecule has 0 spiro atoms. The Morgan fingerprint density at radius 1 is 1.31 bits per heavy atom. The summed E-state index contributed by atoms with van der Waals surface area (Å²) < 4.78 is 20.2. The Hall–Kier alpha value is -3.53. The van der Waals surface area contributed by atoms with E-state index in [2.05, 4.69) is 20.3 Å². The van der Waals surface area contributed by atoms with Crippen molar-refractivity contribution in [1.29, 1.82) is 0 Å². The van der Waals surface area contributed by atoms with Crippen LogP contribution in [-0.2, 0) is 4.79 Å². The van der Waals surface area contributed by atoms with Crippen LogP contribution in [0, 0.1) is 18.7 Å². The number of aryl methyl sites for hydroxylation is 1. The van der Waals surface area contributed by atoms with Gasteiger partial charge >= 0.3 is 0 Å². The molecule has 2 aliphatic rings. The summed E-state index contributed by atoms with van der Waals surface area (Å²) in [5.74, 6) is -0.0273. The third-order valence-electron chi connectivity index (χ3n) is 6.73. The third-order valence-corrected chi connectivity index (χ3v) is 6.73. The smallest absolute Gasteiger partial charge is 0.255 e. The molecule has 1 saturated heterocycles. The molecular formula is C25H28FN5O4. The molecule has 5 rings (SSSR count). The Kier molecular flexibility index (Phi) is 6.14. The topological polar surface area (TPSA) is 120 Å². The Morgan fingerprint density at radius 2 is 2.11 bits per heavy atom. The third kappa shape index (κ3) is 4.58. The Labute approximate surface area is 201 Å². The number of aliphatic hydroxyl groups excluding tert-OH is 1. The molecule has 9 nitrogen and oxygen atoms in total. The van der Waals surface area contributed by atoms with Crippen LogP contribution in [0.25, 0.3) is 22.3 Å². The fourth-order valence-corrected chi connectivity index (χ4v) is 4.74. The van der Waals surface area contributed by atoms with E-state index in [1.165, 1.54) is 18.5 Å². The number of benzene rings is 1. The van der Waals surface area contributed by atoms with Crippen molar-refractivity contribution >= 4 is 22.8 Å². The predicted octanol–water partition coefficient (Wildman–Crippen LogP) is 2.57. The lowest BCUT2D eigenvalue weighted by Crippen LogP contribution is -2.40. The average Bonchev–Trinajstić information content (AvgIpc) is 3.50. The number of aliphatic hydroxyl groups is 1. The van der Waals surface area contributed by atoms with Gasteiger partial charge in [-0.3, -0.25) is 9.59 Å². The fraction of sp³-hybridized carbons (Fsp3) is 0.440. The number of carbonyl (C=O) groups excluding carboxylic acids is 2. The zero-order valence-corrected chi connectivity index (χ0v) is 19.7. The minimum absolute atomic E-state index is 0.0834. The molecule has 2 aromatic heterocycles. The summed E-state index contributed by atoms with van der Waals surface area (Å²) in [5, 5.41) is 12.2. The predicted molar refractivity (Wildman–Crippen MR) is 126 cm³/mol. The number of ether oxygens (including phenoxy) is 1. The van der Waals surface area contributed by atoms with Crippen LogP contribution in [0.2, 0.25) is 0 Å². The summed E-state index contributed by atoms with van der Waals surface area (Å²) in [7, 11) is 0. The van der Waals surface area contributed by atoms with Gasteiger partial charge in [0.1, 0.15) is 35.7 Å². The van der Waals surface area contributed by atoms with Gasteiger partial charge in [-0.2, -0.15) is 0 Å². The van der Waals surface area contributed by atoms with Crippen molar-refractivity contribution in [3.05, 3.63) is 41.6 Å². The number of hydrogen-bond donors (Lipinski definition) is 3. The number of likely N-dealkylation sites (tertiary alicyclic amines) is 1. The van der Waals surface area contributed by atoms with Gasteiger partial charge in [0.25, 0.3) is 5.91 Å². The van der Waals surface area contributed by atoms with E-state index in [0.29, 0.717) is 64.8 Å². The van der Waals surface area contributed by atoms with Gasteiger partial charge < -0.3 is 25.0 Å². The first-order valence-electron chi connectivity index (χ1n) is 11.8. The van der Waals surface area contributed by atoms with Gasteiger partial charge in [-0.15, -0.1) is 0 Å². The Balaban J connectivity index is 1.45. The Morgan fingerprint density at radius 3 is 2.86 bits per heavy atom. The molecule has 1 aliphatic heterocycles. The molecule has 3 heterocycles. The maximum Gasteiger partial charge on any atom is 0.255 e. The van der Waals surface area contributed by atoms with E-state index in [0.717, 1.165) is 12.8 Å². The highest BCUT2D eigenvalue weighted by Crippen LogP contribution is 2.36. The van der Waals surface area contributed by atoms with Crippen LogP contribution in [0.15, 0.2) is 24.5 Å². The lowest BCUT2D eigenvalue weighted by atomic mass is 10.1. The summed E-state index contributed by atoms with van der Waals surface area (Å²) in [5.41, 5.74) is 2.88. The number of aromatic amines is 1. The van der Waals surface area contributed by atoms with Gasteiger partial charge in [0.2, 0.25) is 5.91 Å². The van der Waals surface area contributed by atoms with Crippen molar-refractivity contribution in [3.8, 4) is 17.0 Å². The molecule has 0 radical (unpaired) electrons. The summed E-state index contributed by atoms with van der Waals surface area (Å²) >= 11 is 0. The number of hydrogen-bond acceptors (Lipinski definition) is 6. The number of H-pyrrole nitrogens is 1. The number of nitrogens with zero attached hydrogens (tertiary/aromatic N) is 3. The van der Waals surface area contributed by atoms with E-state index < -0.39 is 12.4 Å². The van der Waals surface area contributed by atoms with Crippen LogP contribution >= 0.6 is 0 Å². The number of fused-ring (bicyclic) bond motifs is 1. The molecule has 0 unspecified atom stereocenters. The summed E-state index contributed by atoms with van der Waals surface area (Å²) in [6.45, 7) is 4.00. The van der Waals surface area contributed by atoms with Gasteiger partial charge in [0, 0.05) is 29.9 Å². The molecule has 1 aromatic carbocycles. The van der Waals surface area contributed by atoms with E-state index in [-0.39, 0.29) is 23.9 Å². The zero-order chi connectivity index (χ0) is 24.7. The number of carbonyl (C=O) groups is 2.